The number of hydrogen-bond acceptors (Lipinski definition) is 4. The SMILES string of the molecule is CC[S@@](=O)c1ccccc1C(=O)O[C@H](C)C(=O)Nc1ccc(F)c(F)c1. The van der Waals surface area contributed by atoms with Gasteiger partial charge in [0.25, 0.3) is 5.91 Å². The Balaban J connectivity index is 2.08. The smallest absolute Gasteiger partial charge is 0.340 e. The molecule has 0 radical (unpaired) electrons. The molecule has 0 unspecified atom stereocenters. The van der Waals surface area contributed by atoms with Crippen LogP contribution in [0.4, 0.5) is 14.5 Å². The van der Waals surface area contributed by atoms with E-state index in [1.54, 1.807) is 25.1 Å². The minimum atomic E-state index is -1.36. The third kappa shape index (κ3) is 4.72. The van der Waals surface area contributed by atoms with Crippen LogP contribution in [-0.4, -0.2) is 27.9 Å². The Morgan fingerprint density at radius 3 is 2.50 bits per heavy atom. The van der Waals surface area contributed by atoms with E-state index in [1.165, 1.54) is 19.1 Å². The van der Waals surface area contributed by atoms with Crippen LogP contribution >= 0.6 is 0 Å². The Hall–Kier alpha value is -2.61. The van der Waals surface area contributed by atoms with Crippen molar-refractivity contribution in [2.45, 2.75) is 24.8 Å². The van der Waals surface area contributed by atoms with Crippen molar-refractivity contribution < 1.29 is 27.3 Å². The van der Waals surface area contributed by atoms with Gasteiger partial charge in [0.1, 0.15) is 0 Å². The predicted octanol–water partition coefficient (Wildman–Crippen LogP) is 3.28. The molecule has 0 aliphatic heterocycles. The Kier molecular flexibility index (Phi) is 6.57. The number of ether oxygens (including phenoxy) is 1. The van der Waals surface area contributed by atoms with Crippen LogP contribution in [0.25, 0.3) is 0 Å². The van der Waals surface area contributed by atoms with Crippen LogP contribution in [0.2, 0.25) is 0 Å². The van der Waals surface area contributed by atoms with Crippen molar-refractivity contribution in [2.24, 2.45) is 0 Å². The first-order chi connectivity index (χ1) is 12.3. The molecule has 0 aromatic heterocycles. The lowest BCUT2D eigenvalue weighted by molar-refractivity contribution is -0.123. The third-order valence-corrected chi connectivity index (χ3v) is 4.83. The molecule has 0 fully saturated rings. The lowest BCUT2D eigenvalue weighted by Crippen LogP contribution is -2.30. The van der Waals surface area contributed by atoms with Gasteiger partial charge in [-0.1, -0.05) is 19.1 Å². The molecular formula is C18H17F2NO4S. The van der Waals surface area contributed by atoms with Gasteiger partial charge in [-0.2, -0.15) is 0 Å². The minimum absolute atomic E-state index is 0.0317. The van der Waals surface area contributed by atoms with Crippen LogP contribution in [0.15, 0.2) is 47.4 Å². The normalized spacial score (nSPS) is 12.9. The number of benzene rings is 2. The van der Waals surface area contributed by atoms with Gasteiger partial charge in [-0.25, -0.2) is 13.6 Å². The molecule has 0 spiro atoms. The quantitative estimate of drug-likeness (QED) is 0.780. The zero-order valence-corrected chi connectivity index (χ0v) is 14.9. The van der Waals surface area contributed by atoms with Crippen molar-refractivity contribution in [1.82, 2.24) is 0 Å². The van der Waals surface area contributed by atoms with Crippen LogP contribution < -0.4 is 5.32 Å². The number of anilines is 1. The summed E-state index contributed by atoms with van der Waals surface area (Å²) < 4.78 is 43.2. The number of carbonyl (C=O) groups excluding carboxylic acids is 2. The average molecular weight is 381 g/mol. The lowest BCUT2D eigenvalue weighted by Gasteiger charge is -2.15. The summed E-state index contributed by atoms with van der Waals surface area (Å²) >= 11 is 0. The molecule has 0 aliphatic rings. The molecule has 2 rings (SSSR count). The largest absolute Gasteiger partial charge is 0.449 e. The fourth-order valence-corrected chi connectivity index (χ4v) is 3.02. The van der Waals surface area contributed by atoms with Crippen molar-refractivity contribution in [2.75, 3.05) is 11.1 Å². The Morgan fingerprint density at radius 2 is 1.85 bits per heavy atom. The second kappa shape index (κ2) is 8.66. The Labute approximate surface area is 151 Å². The van der Waals surface area contributed by atoms with Gasteiger partial charge in [0, 0.05) is 17.5 Å². The highest BCUT2D eigenvalue weighted by molar-refractivity contribution is 7.85. The highest BCUT2D eigenvalue weighted by Gasteiger charge is 2.22. The minimum Gasteiger partial charge on any atom is -0.449 e. The Morgan fingerprint density at radius 1 is 1.15 bits per heavy atom. The van der Waals surface area contributed by atoms with Crippen LogP contribution in [0, 0.1) is 11.6 Å². The van der Waals surface area contributed by atoms with E-state index >= 15 is 0 Å². The van der Waals surface area contributed by atoms with Gasteiger partial charge in [0.15, 0.2) is 17.7 Å². The summed E-state index contributed by atoms with van der Waals surface area (Å²) in [6, 6.07) is 9.15. The van der Waals surface area contributed by atoms with Crippen molar-refractivity contribution in [3.8, 4) is 0 Å². The van der Waals surface area contributed by atoms with Crippen molar-refractivity contribution in [3.63, 3.8) is 0 Å². The molecule has 0 saturated heterocycles. The van der Waals surface area contributed by atoms with E-state index in [-0.39, 0.29) is 11.3 Å². The molecule has 1 amide bonds. The molecule has 2 atom stereocenters. The molecule has 1 N–H and O–H groups in total. The first-order valence-corrected chi connectivity index (χ1v) is 9.09. The first-order valence-electron chi connectivity index (χ1n) is 7.77. The standard InChI is InChI=1S/C18H17F2NO4S/c1-3-26(24)16-7-5-4-6-13(16)18(23)25-11(2)17(22)21-12-8-9-14(19)15(20)10-12/h4-11H,3H2,1-2H3,(H,21,22)/t11-,26-/m1/s1. The van der Waals surface area contributed by atoms with E-state index in [2.05, 4.69) is 5.32 Å². The number of esters is 1. The van der Waals surface area contributed by atoms with Crippen LogP contribution in [-0.2, 0) is 20.3 Å². The zero-order valence-electron chi connectivity index (χ0n) is 14.1. The second-order valence-corrected chi connectivity index (χ2v) is 7.00. The number of rotatable bonds is 6. The number of nitrogens with one attached hydrogen (secondary N) is 1. The van der Waals surface area contributed by atoms with Gasteiger partial charge in [-0.05, 0) is 31.2 Å². The summed E-state index contributed by atoms with van der Waals surface area (Å²) in [5.41, 5.74) is 0.143. The summed E-state index contributed by atoms with van der Waals surface area (Å²) in [5.74, 6) is -3.32. The van der Waals surface area contributed by atoms with Crippen LogP contribution in [0.5, 0.6) is 0 Å². The van der Waals surface area contributed by atoms with E-state index in [0.29, 0.717) is 10.6 Å². The van der Waals surface area contributed by atoms with Gasteiger partial charge >= 0.3 is 5.97 Å². The number of carbonyl (C=O) groups is 2. The fourth-order valence-electron chi connectivity index (χ4n) is 2.08. The molecule has 0 saturated carbocycles. The highest BCUT2D eigenvalue weighted by atomic mass is 32.2. The predicted molar refractivity (Wildman–Crippen MR) is 93.3 cm³/mol. The van der Waals surface area contributed by atoms with Gasteiger partial charge < -0.3 is 10.1 Å². The maximum Gasteiger partial charge on any atom is 0.340 e. The fraction of sp³-hybridized carbons (Fsp3) is 0.222. The van der Waals surface area contributed by atoms with E-state index in [0.717, 1.165) is 12.1 Å². The van der Waals surface area contributed by atoms with E-state index in [9.17, 15) is 22.6 Å². The van der Waals surface area contributed by atoms with E-state index in [1.807, 2.05) is 0 Å². The molecular weight excluding hydrogens is 364 g/mol. The van der Waals surface area contributed by atoms with E-state index < -0.39 is 40.4 Å². The van der Waals surface area contributed by atoms with Gasteiger partial charge in [0.05, 0.1) is 21.3 Å². The molecule has 8 heteroatoms. The molecule has 26 heavy (non-hydrogen) atoms. The van der Waals surface area contributed by atoms with Gasteiger partial charge in [-0.15, -0.1) is 0 Å². The molecule has 2 aromatic carbocycles. The monoisotopic (exact) mass is 381 g/mol. The van der Waals surface area contributed by atoms with Crippen LogP contribution in [0.1, 0.15) is 24.2 Å². The zero-order chi connectivity index (χ0) is 19.3. The molecule has 2 aromatic rings. The molecule has 0 aliphatic carbocycles. The molecule has 5 nitrogen and oxygen atoms in total. The highest BCUT2D eigenvalue weighted by Crippen LogP contribution is 2.17. The van der Waals surface area contributed by atoms with Crippen LogP contribution in [0.3, 0.4) is 0 Å². The molecule has 0 bridgehead atoms. The molecule has 138 valence electrons. The average Bonchev–Trinajstić information content (AvgIpc) is 2.63. The summed E-state index contributed by atoms with van der Waals surface area (Å²) in [7, 11) is -1.36. The Bertz CT molecular complexity index is 857. The second-order valence-electron chi connectivity index (χ2n) is 5.30. The number of halogens is 2. The van der Waals surface area contributed by atoms with E-state index in [4.69, 9.17) is 4.74 Å². The summed E-state index contributed by atoms with van der Waals surface area (Å²) in [4.78, 5) is 24.7. The lowest BCUT2D eigenvalue weighted by atomic mass is 10.2. The third-order valence-electron chi connectivity index (χ3n) is 3.45. The van der Waals surface area contributed by atoms with Crippen molar-refractivity contribution in [3.05, 3.63) is 59.7 Å². The number of hydrogen-bond donors (Lipinski definition) is 1. The molecule has 0 heterocycles. The summed E-state index contributed by atoms with van der Waals surface area (Å²) in [6.07, 6.45) is -1.20. The topological polar surface area (TPSA) is 72.5 Å². The van der Waals surface area contributed by atoms with Gasteiger partial charge in [-0.3, -0.25) is 9.00 Å². The maximum absolute atomic E-state index is 13.2. The first kappa shape index (κ1) is 19.7. The maximum atomic E-state index is 13.2. The van der Waals surface area contributed by atoms with Crippen molar-refractivity contribution in [1.29, 1.82) is 0 Å². The van der Waals surface area contributed by atoms with Crippen molar-refractivity contribution >= 4 is 28.4 Å². The summed E-state index contributed by atoms with van der Waals surface area (Å²) in [5, 5.41) is 2.33. The summed E-state index contributed by atoms with van der Waals surface area (Å²) in [6.45, 7) is 3.06. The van der Waals surface area contributed by atoms with Gasteiger partial charge in [0.2, 0.25) is 0 Å². The number of amides is 1.